The van der Waals surface area contributed by atoms with Crippen LogP contribution in [0.2, 0.25) is 0 Å². The van der Waals surface area contributed by atoms with Gasteiger partial charge in [0.05, 0.1) is 24.3 Å². The van der Waals surface area contributed by atoms with E-state index in [0.717, 1.165) is 16.5 Å². The number of rotatable bonds is 4. The van der Waals surface area contributed by atoms with Gasteiger partial charge in [0, 0.05) is 22.7 Å². The lowest BCUT2D eigenvalue weighted by Crippen LogP contribution is -1.99. The summed E-state index contributed by atoms with van der Waals surface area (Å²) in [6.45, 7) is 0. The first-order valence-electron chi connectivity index (χ1n) is 8.59. The molecule has 136 valence electrons. The third kappa shape index (κ3) is 3.29. The van der Waals surface area contributed by atoms with Gasteiger partial charge < -0.3 is 15.2 Å². The fourth-order valence-electron chi connectivity index (χ4n) is 2.93. The van der Waals surface area contributed by atoms with Crippen molar-refractivity contribution >= 4 is 22.4 Å². The lowest BCUT2D eigenvalue weighted by Gasteiger charge is -2.12. The summed E-state index contributed by atoms with van der Waals surface area (Å²) in [5.41, 5.74) is 2.74. The summed E-state index contributed by atoms with van der Waals surface area (Å²) in [7, 11) is 1.50. The van der Waals surface area contributed by atoms with E-state index in [1.165, 1.54) is 7.11 Å². The maximum Gasteiger partial charge on any atom is 0.162 e. The van der Waals surface area contributed by atoms with Crippen molar-refractivity contribution in [3.05, 3.63) is 72.3 Å². The number of anilines is 2. The SMILES string of the molecule is COc1ccc(Nc2nc(-c3cccc(C#N)c3)nc3ccccc23)cc1O. The third-order valence-electron chi connectivity index (χ3n) is 4.29. The number of hydrogen-bond donors (Lipinski definition) is 2. The van der Waals surface area contributed by atoms with E-state index in [-0.39, 0.29) is 5.75 Å². The van der Waals surface area contributed by atoms with Crippen molar-refractivity contribution in [1.29, 1.82) is 5.26 Å². The highest BCUT2D eigenvalue weighted by atomic mass is 16.5. The predicted octanol–water partition coefficient (Wildman–Crippen LogP) is 4.63. The minimum Gasteiger partial charge on any atom is -0.504 e. The molecule has 28 heavy (non-hydrogen) atoms. The molecule has 3 aromatic carbocycles. The number of aromatic hydroxyl groups is 1. The molecule has 0 saturated carbocycles. The maximum absolute atomic E-state index is 10.0. The molecule has 0 spiro atoms. The van der Waals surface area contributed by atoms with Crippen molar-refractivity contribution in [3.8, 4) is 29.0 Å². The highest BCUT2D eigenvalue weighted by molar-refractivity contribution is 5.92. The topological polar surface area (TPSA) is 91.1 Å². The van der Waals surface area contributed by atoms with E-state index in [0.29, 0.717) is 28.6 Å². The van der Waals surface area contributed by atoms with E-state index in [2.05, 4.69) is 21.4 Å². The van der Waals surface area contributed by atoms with Crippen molar-refractivity contribution in [2.75, 3.05) is 12.4 Å². The molecule has 0 unspecified atom stereocenters. The van der Waals surface area contributed by atoms with Crippen LogP contribution in [-0.4, -0.2) is 22.2 Å². The molecule has 1 aromatic heterocycles. The number of nitriles is 1. The van der Waals surface area contributed by atoms with Crippen LogP contribution in [0.25, 0.3) is 22.3 Å². The summed E-state index contributed by atoms with van der Waals surface area (Å²) >= 11 is 0. The number of phenols is 1. The quantitative estimate of drug-likeness (QED) is 0.546. The second-order valence-electron chi connectivity index (χ2n) is 6.12. The Balaban J connectivity index is 1.83. The molecule has 0 amide bonds. The average molecular weight is 368 g/mol. The number of benzene rings is 3. The van der Waals surface area contributed by atoms with Crippen molar-refractivity contribution in [3.63, 3.8) is 0 Å². The molecule has 0 atom stereocenters. The second-order valence-corrected chi connectivity index (χ2v) is 6.12. The maximum atomic E-state index is 10.0. The summed E-state index contributed by atoms with van der Waals surface area (Å²) in [6, 6.07) is 22.0. The largest absolute Gasteiger partial charge is 0.504 e. The van der Waals surface area contributed by atoms with Gasteiger partial charge in [-0.2, -0.15) is 5.26 Å². The number of aromatic nitrogens is 2. The molecule has 0 radical (unpaired) electrons. The van der Waals surface area contributed by atoms with Crippen molar-refractivity contribution in [2.45, 2.75) is 0 Å². The molecular formula is C22H16N4O2. The van der Waals surface area contributed by atoms with E-state index in [4.69, 9.17) is 10.00 Å². The molecule has 6 heteroatoms. The van der Waals surface area contributed by atoms with E-state index in [1.54, 1.807) is 36.4 Å². The summed E-state index contributed by atoms with van der Waals surface area (Å²) in [5.74, 6) is 1.54. The number of nitrogens with zero attached hydrogens (tertiary/aromatic N) is 3. The van der Waals surface area contributed by atoms with Gasteiger partial charge in [0.15, 0.2) is 17.3 Å². The van der Waals surface area contributed by atoms with Gasteiger partial charge in [-0.3, -0.25) is 0 Å². The van der Waals surface area contributed by atoms with Crippen molar-refractivity contribution in [2.24, 2.45) is 0 Å². The molecule has 2 N–H and O–H groups in total. The molecule has 0 saturated heterocycles. The van der Waals surface area contributed by atoms with Gasteiger partial charge in [-0.1, -0.05) is 24.3 Å². The standard InChI is InChI=1S/C22H16N4O2/c1-28-20-10-9-16(12-19(20)27)24-22-17-7-2-3-8-18(17)25-21(26-22)15-6-4-5-14(11-15)13-23/h2-12,27H,1H3,(H,24,25,26). The Hall–Kier alpha value is -4.11. The highest BCUT2D eigenvalue weighted by Gasteiger charge is 2.11. The van der Waals surface area contributed by atoms with Gasteiger partial charge >= 0.3 is 0 Å². The molecule has 1 heterocycles. The molecular weight excluding hydrogens is 352 g/mol. The Labute approximate surface area is 161 Å². The number of hydrogen-bond acceptors (Lipinski definition) is 6. The first-order chi connectivity index (χ1) is 13.7. The number of methoxy groups -OCH3 is 1. The second kappa shape index (κ2) is 7.25. The minimum atomic E-state index is 0.0350. The summed E-state index contributed by atoms with van der Waals surface area (Å²) in [5, 5.41) is 23.3. The fourth-order valence-corrected chi connectivity index (χ4v) is 2.93. The first-order valence-corrected chi connectivity index (χ1v) is 8.59. The van der Waals surface area contributed by atoms with Crippen LogP contribution in [0.15, 0.2) is 66.7 Å². The van der Waals surface area contributed by atoms with Crippen molar-refractivity contribution < 1.29 is 9.84 Å². The molecule has 0 fully saturated rings. The number of phenolic OH excluding ortho intramolecular Hbond substituents is 1. The van der Waals surface area contributed by atoms with Crippen LogP contribution in [0.3, 0.4) is 0 Å². The van der Waals surface area contributed by atoms with Gasteiger partial charge in [0.1, 0.15) is 5.82 Å². The molecule has 0 aliphatic carbocycles. The van der Waals surface area contributed by atoms with Crippen LogP contribution in [-0.2, 0) is 0 Å². The molecule has 0 aliphatic heterocycles. The zero-order valence-electron chi connectivity index (χ0n) is 15.0. The Kier molecular flexibility index (Phi) is 4.48. The predicted molar refractivity (Wildman–Crippen MR) is 108 cm³/mol. The molecule has 6 nitrogen and oxygen atoms in total. The van der Waals surface area contributed by atoms with Crippen LogP contribution >= 0.6 is 0 Å². The van der Waals surface area contributed by atoms with Crippen LogP contribution in [0.1, 0.15) is 5.56 Å². The first kappa shape index (κ1) is 17.3. The monoisotopic (exact) mass is 368 g/mol. The molecule has 4 aromatic rings. The van der Waals surface area contributed by atoms with Crippen LogP contribution in [0.4, 0.5) is 11.5 Å². The number of para-hydroxylation sites is 1. The zero-order valence-corrected chi connectivity index (χ0v) is 15.0. The van der Waals surface area contributed by atoms with Gasteiger partial charge in [0.25, 0.3) is 0 Å². The van der Waals surface area contributed by atoms with Gasteiger partial charge in [-0.15, -0.1) is 0 Å². The third-order valence-corrected chi connectivity index (χ3v) is 4.29. The molecule has 0 aliphatic rings. The van der Waals surface area contributed by atoms with E-state index < -0.39 is 0 Å². The Morgan fingerprint density at radius 1 is 1.00 bits per heavy atom. The Morgan fingerprint density at radius 2 is 1.86 bits per heavy atom. The van der Waals surface area contributed by atoms with Crippen LogP contribution in [0, 0.1) is 11.3 Å². The van der Waals surface area contributed by atoms with Gasteiger partial charge in [-0.05, 0) is 36.4 Å². The molecule has 0 bridgehead atoms. The smallest absolute Gasteiger partial charge is 0.162 e. The lowest BCUT2D eigenvalue weighted by atomic mass is 10.1. The Morgan fingerprint density at radius 3 is 2.64 bits per heavy atom. The summed E-state index contributed by atoms with van der Waals surface area (Å²) in [6.07, 6.45) is 0. The zero-order chi connectivity index (χ0) is 19.5. The van der Waals surface area contributed by atoms with E-state index in [9.17, 15) is 5.11 Å². The van der Waals surface area contributed by atoms with Crippen molar-refractivity contribution in [1.82, 2.24) is 9.97 Å². The number of nitrogens with one attached hydrogen (secondary N) is 1. The number of fused-ring (bicyclic) bond motifs is 1. The van der Waals surface area contributed by atoms with Gasteiger partial charge in [0.2, 0.25) is 0 Å². The lowest BCUT2D eigenvalue weighted by molar-refractivity contribution is 0.373. The summed E-state index contributed by atoms with van der Waals surface area (Å²) < 4.78 is 5.09. The normalized spacial score (nSPS) is 10.4. The highest BCUT2D eigenvalue weighted by Crippen LogP contribution is 2.32. The number of ether oxygens (including phenoxy) is 1. The van der Waals surface area contributed by atoms with Crippen LogP contribution in [0.5, 0.6) is 11.5 Å². The Bertz CT molecular complexity index is 1210. The van der Waals surface area contributed by atoms with E-state index in [1.807, 2.05) is 30.3 Å². The van der Waals surface area contributed by atoms with Crippen LogP contribution < -0.4 is 10.1 Å². The fraction of sp³-hybridized carbons (Fsp3) is 0.0455. The molecule has 4 rings (SSSR count). The minimum absolute atomic E-state index is 0.0350. The van der Waals surface area contributed by atoms with E-state index >= 15 is 0 Å². The van der Waals surface area contributed by atoms with Gasteiger partial charge in [-0.25, -0.2) is 9.97 Å². The average Bonchev–Trinajstić information content (AvgIpc) is 2.74. The summed E-state index contributed by atoms with van der Waals surface area (Å²) in [4.78, 5) is 9.31.